The van der Waals surface area contributed by atoms with Crippen LogP contribution in [0.1, 0.15) is 10.4 Å². The molecule has 0 aliphatic carbocycles. The van der Waals surface area contributed by atoms with Crippen molar-refractivity contribution in [3.8, 4) is 0 Å². The van der Waals surface area contributed by atoms with Crippen molar-refractivity contribution in [1.29, 1.82) is 0 Å². The number of carbonyl (C=O) groups excluding carboxylic acids is 1. The van der Waals surface area contributed by atoms with Gasteiger partial charge in [0.05, 0.1) is 12.9 Å². The van der Waals surface area contributed by atoms with Crippen molar-refractivity contribution in [1.82, 2.24) is 9.97 Å². The van der Waals surface area contributed by atoms with E-state index in [0.717, 1.165) is 0 Å². The van der Waals surface area contributed by atoms with E-state index in [9.17, 15) is 4.79 Å². The van der Waals surface area contributed by atoms with Crippen LogP contribution in [0, 0.1) is 0 Å². The minimum atomic E-state index is -0.0930. The highest BCUT2D eigenvalue weighted by Gasteiger charge is 1.98. The molecule has 0 radical (unpaired) electrons. The molecule has 4 heteroatoms. The van der Waals surface area contributed by atoms with Gasteiger partial charge in [0.1, 0.15) is 0 Å². The van der Waals surface area contributed by atoms with Gasteiger partial charge < -0.3 is 10.7 Å². The molecule has 0 spiro atoms. The number of rotatable bonds is 2. The number of hydrogen-bond donors (Lipinski definition) is 2. The number of aromatic amines is 1. The van der Waals surface area contributed by atoms with Crippen molar-refractivity contribution in [3.63, 3.8) is 0 Å². The van der Waals surface area contributed by atoms with Gasteiger partial charge in [-0.25, -0.2) is 4.98 Å². The largest absolute Gasteiger partial charge is 0.353 e. The second-order valence-corrected chi connectivity index (χ2v) is 2.37. The summed E-state index contributed by atoms with van der Waals surface area (Å²) in [6.45, 7) is 0.0187. The third-order valence-electron chi connectivity index (χ3n) is 1.46. The quantitative estimate of drug-likeness (QED) is 0.652. The molecule has 0 atom stereocenters. The van der Waals surface area contributed by atoms with E-state index in [-0.39, 0.29) is 12.3 Å². The number of nitrogens with two attached hydrogens (primary N) is 1. The summed E-state index contributed by atoms with van der Waals surface area (Å²) < 4.78 is 0. The van der Waals surface area contributed by atoms with Crippen molar-refractivity contribution < 1.29 is 4.79 Å². The van der Waals surface area contributed by atoms with E-state index in [4.69, 9.17) is 5.73 Å². The SMILES string of the molecule is NCC(=O)c1cccnc[nH]cc1. The Morgan fingerprint density at radius 3 is 3.15 bits per heavy atom. The number of nitrogens with one attached hydrogen (secondary N) is 1. The molecule has 0 aliphatic heterocycles. The Morgan fingerprint density at radius 2 is 2.38 bits per heavy atom. The second kappa shape index (κ2) is 5.05. The molecule has 1 aromatic heterocycles. The first-order valence-electron chi connectivity index (χ1n) is 3.89. The third-order valence-corrected chi connectivity index (χ3v) is 1.46. The van der Waals surface area contributed by atoms with Gasteiger partial charge in [-0.15, -0.1) is 0 Å². The van der Waals surface area contributed by atoms with Crippen LogP contribution >= 0.6 is 0 Å². The molecule has 1 heterocycles. The molecule has 3 N–H and O–H groups in total. The Kier molecular flexibility index (Phi) is 3.66. The summed E-state index contributed by atoms with van der Waals surface area (Å²) in [4.78, 5) is 17.8. The van der Waals surface area contributed by atoms with Gasteiger partial charge in [0.15, 0.2) is 5.78 Å². The Balaban J connectivity index is 3.11. The molecule has 0 saturated carbocycles. The molecule has 1 rings (SSSR count). The number of Topliss-reactive ketones (excluding diaryl/α,β-unsaturated/α-hetero) is 1. The summed E-state index contributed by atoms with van der Waals surface area (Å²) in [6.07, 6.45) is 4.75. The summed E-state index contributed by atoms with van der Waals surface area (Å²) in [5.74, 6) is -0.0930. The Bertz CT molecular complexity index is 307. The fourth-order valence-electron chi connectivity index (χ4n) is 0.823. The zero-order valence-electron chi connectivity index (χ0n) is 7.10. The zero-order valence-corrected chi connectivity index (χ0v) is 7.10. The van der Waals surface area contributed by atoms with Crippen LogP contribution in [0.25, 0.3) is 0 Å². The lowest BCUT2D eigenvalue weighted by Gasteiger charge is -1.91. The number of carbonyl (C=O) groups is 1. The lowest BCUT2D eigenvalue weighted by molar-refractivity contribution is 0.100. The fourth-order valence-corrected chi connectivity index (χ4v) is 0.823. The first-order chi connectivity index (χ1) is 6.34. The molecular formula is C9H11N3O. The second-order valence-electron chi connectivity index (χ2n) is 2.37. The molecule has 0 bridgehead atoms. The number of hydrogen-bond acceptors (Lipinski definition) is 3. The van der Waals surface area contributed by atoms with E-state index in [1.165, 1.54) is 6.33 Å². The van der Waals surface area contributed by atoms with Crippen LogP contribution in [0.2, 0.25) is 0 Å². The third kappa shape index (κ3) is 3.04. The minimum Gasteiger partial charge on any atom is -0.353 e. The summed E-state index contributed by atoms with van der Waals surface area (Å²) in [6, 6.07) is 5.03. The van der Waals surface area contributed by atoms with Crippen LogP contribution in [0.5, 0.6) is 0 Å². The predicted octanol–water partition coefficient (Wildman–Crippen LogP) is 0.675. The van der Waals surface area contributed by atoms with Gasteiger partial charge in [0, 0.05) is 18.0 Å². The average Bonchev–Trinajstić information content (AvgIpc) is 2.29. The van der Waals surface area contributed by atoms with Crippen molar-refractivity contribution >= 4 is 5.78 Å². The van der Waals surface area contributed by atoms with Crippen LogP contribution in [0.15, 0.2) is 36.9 Å². The Hall–Kier alpha value is -1.68. The highest BCUT2D eigenvalue weighted by Crippen LogP contribution is 1.93. The maximum Gasteiger partial charge on any atom is 0.176 e. The monoisotopic (exact) mass is 177 g/mol. The molecule has 4 nitrogen and oxygen atoms in total. The summed E-state index contributed by atoms with van der Waals surface area (Å²) in [5, 5.41) is 0. The normalized spacial score (nSPS) is 9.00. The molecule has 0 aliphatic rings. The standard InChI is InChI=1S/C9H11N3O/c10-6-9(13)8-2-1-4-11-7-12-5-3-8/h1-5,7H,6,10H2,(H,11,12). The molecule has 0 aromatic carbocycles. The minimum absolute atomic E-state index is 0.0187. The fraction of sp³-hybridized carbons (Fsp3) is 0.111. The number of H-pyrrole nitrogens is 1. The molecule has 0 unspecified atom stereocenters. The summed E-state index contributed by atoms with van der Waals surface area (Å²) in [7, 11) is 0. The van der Waals surface area contributed by atoms with E-state index in [0.29, 0.717) is 5.56 Å². The van der Waals surface area contributed by atoms with Crippen LogP contribution in [0.4, 0.5) is 0 Å². The lowest BCUT2D eigenvalue weighted by atomic mass is 10.2. The average molecular weight is 177 g/mol. The maximum atomic E-state index is 11.2. The lowest BCUT2D eigenvalue weighted by Crippen LogP contribution is -2.12. The van der Waals surface area contributed by atoms with E-state index >= 15 is 0 Å². The Morgan fingerprint density at radius 1 is 1.54 bits per heavy atom. The van der Waals surface area contributed by atoms with Crippen LogP contribution in [0.3, 0.4) is 0 Å². The highest BCUT2D eigenvalue weighted by molar-refractivity contribution is 5.97. The van der Waals surface area contributed by atoms with E-state index in [2.05, 4.69) is 9.97 Å². The van der Waals surface area contributed by atoms with Gasteiger partial charge in [-0.2, -0.15) is 0 Å². The van der Waals surface area contributed by atoms with Crippen LogP contribution in [-0.4, -0.2) is 22.3 Å². The summed E-state index contributed by atoms with van der Waals surface area (Å²) in [5.41, 5.74) is 5.80. The van der Waals surface area contributed by atoms with Gasteiger partial charge in [-0.3, -0.25) is 4.79 Å². The van der Waals surface area contributed by atoms with Crippen LogP contribution < -0.4 is 5.73 Å². The highest BCUT2D eigenvalue weighted by atomic mass is 16.1. The van der Waals surface area contributed by atoms with E-state index in [1.54, 1.807) is 30.6 Å². The maximum absolute atomic E-state index is 11.2. The summed E-state index contributed by atoms with van der Waals surface area (Å²) >= 11 is 0. The molecule has 68 valence electrons. The Labute approximate surface area is 76.1 Å². The number of nitrogens with zero attached hydrogens (tertiary/aromatic N) is 1. The molecule has 0 amide bonds. The smallest absolute Gasteiger partial charge is 0.176 e. The van der Waals surface area contributed by atoms with Crippen molar-refractivity contribution in [2.24, 2.45) is 5.73 Å². The molecule has 0 fully saturated rings. The zero-order chi connectivity index (χ0) is 9.52. The van der Waals surface area contributed by atoms with Crippen molar-refractivity contribution in [2.45, 2.75) is 0 Å². The van der Waals surface area contributed by atoms with Crippen molar-refractivity contribution in [3.05, 3.63) is 42.5 Å². The number of ketones is 1. The van der Waals surface area contributed by atoms with E-state index < -0.39 is 0 Å². The predicted molar refractivity (Wildman–Crippen MR) is 49.6 cm³/mol. The molecular weight excluding hydrogens is 166 g/mol. The van der Waals surface area contributed by atoms with Gasteiger partial charge in [0.2, 0.25) is 0 Å². The topological polar surface area (TPSA) is 71.8 Å². The van der Waals surface area contributed by atoms with Gasteiger partial charge in [-0.05, 0) is 18.2 Å². The van der Waals surface area contributed by atoms with Gasteiger partial charge in [0.25, 0.3) is 0 Å². The number of aromatic nitrogens is 2. The molecule has 1 aromatic rings. The first-order valence-corrected chi connectivity index (χ1v) is 3.89. The van der Waals surface area contributed by atoms with Crippen molar-refractivity contribution in [2.75, 3.05) is 6.54 Å². The van der Waals surface area contributed by atoms with Gasteiger partial charge in [-0.1, -0.05) is 0 Å². The van der Waals surface area contributed by atoms with Crippen LogP contribution in [-0.2, 0) is 0 Å². The molecule has 0 saturated heterocycles. The van der Waals surface area contributed by atoms with E-state index in [1.807, 2.05) is 0 Å². The first kappa shape index (κ1) is 9.41. The van der Waals surface area contributed by atoms with Gasteiger partial charge >= 0.3 is 0 Å². The molecule has 13 heavy (non-hydrogen) atoms.